The van der Waals surface area contributed by atoms with Crippen molar-refractivity contribution in [1.82, 2.24) is 15.2 Å². The van der Waals surface area contributed by atoms with E-state index in [2.05, 4.69) is 42.3 Å². The standard InChI is InChI=1S/C22H29N3O2S/c1-5-7-19(26)24-17-8-6-11-25(13-17)22(27)20-16(4)23-21(28-20)18-10-9-14(2)12-15(18)3/h9-10,12,17H,5-8,11,13H2,1-4H3,(H,24,26)/t17-/m1/s1. The van der Waals surface area contributed by atoms with Gasteiger partial charge in [-0.25, -0.2) is 4.98 Å². The van der Waals surface area contributed by atoms with Gasteiger partial charge in [-0.15, -0.1) is 11.3 Å². The lowest BCUT2D eigenvalue weighted by Crippen LogP contribution is -2.49. The van der Waals surface area contributed by atoms with Crippen LogP contribution in [0.3, 0.4) is 0 Å². The summed E-state index contributed by atoms with van der Waals surface area (Å²) in [5, 5.41) is 3.96. The fraction of sp³-hybridized carbons (Fsp3) is 0.500. The molecule has 2 heterocycles. The Balaban J connectivity index is 1.75. The maximum absolute atomic E-state index is 13.1. The van der Waals surface area contributed by atoms with Gasteiger partial charge in [0.25, 0.3) is 5.91 Å². The molecular formula is C22H29N3O2S. The molecule has 1 fully saturated rings. The van der Waals surface area contributed by atoms with E-state index in [1.54, 1.807) is 0 Å². The van der Waals surface area contributed by atoms with E-state index in [0.29, 0.717) is 17.8 Å². The summed E-state index contributed by atoms with van der Waals surface area (Å²) < 4.78 is 0. The Morgan fingerprint density at radius 3 is 2.79 bits per heavy atom. The molecule has 0 spiro atoms. The van der Waals surface area contributed by atoms with Crippen LogP contribution in [0, 0.1) is 20.8 Å². The van der Waals surface area contributed by atoms with Gasteiger partial charge >= 0.3 is 0 Å². The largest absolute Gasteiger partial charge is 0.352 e. The quantitative estimate of drug-likeness (QED) is 0.817. The van der Waals surface area contributed by atoms with E-state index in [4.69, 9.17) is 0 Å². The fourth-order valence-corrected chi connectivity index (χ4v) is 4.84. The van der Waals surface area contributed by atoms with Crippen LogP contribution >= 0.6 is 11.3 Å². The van der Waals surface area contributed by atoms with Crippen molar-refractivity contribution in [3.63, 3.8) is 0 Å². The van der Waals surface area contributed by atoms with E-state index in [-0.39, 0.29) is 17.9 Å². The summed E-state index contributed by atoms with van der Waals surface area (Å²) in [6, 6.07) is 6.34. The number of hydrogen-bond acceptors (Lipinski definition) is 4. The summed E-state index contributed by atoms with van der Waals surface area (Å²) in [6.07, 6.45) is 3.21. The molecule has 6 heteroatoms. The Labute approximate surface area is 171 Å². The molecule has 0 unspecified atom stereocenters. The fourth-order valence-electron chi connectivity index (χ4n) is 3.71. The molecule has 1 saturated heterocycles. The van der Waals surface area contributed by atoms with Crippen LogP contribution in [0.2, 0.25) is 0 Å². The highest BCUT2D eigenvalue weighted by Crippen LogP contribution is 2.31. The van der Waals surface area contributed by atoms with E-state index < -0.39 is 0 Å². The number of piperidine rings is 1. The van der Waals surface area contributed by atoms with Crippen molar-refractivity contribution in [2.45, 2.75) is 59.4 Å². The number of aryl methyl sites for hydroxylation is 3. The smallest absolute Gasteiger partial charge is 0.265 e. The molecule has 1 aromatic heterocycles. The van der Waals surface area contributed by atoms with Gasteiger partial charge in [0.05, 0.1) is 5.69 Å². The molecule has 1 N–H and O–H groups in total. The monoisotopic (exact) mass is 399 g/mol. The molecular weight excluding hydrogens is 370 g/mol. The number of hydrogen-bond donors (Lipinski definition) is 1. The molecule has 0 saturated carbocycles. The first-order chi connectivity index (χ1) is 13.4. The van der Waals surface area contributed by atoms with Gasteiger partial charge in [-0.2, -0.15) is 0 Å². The number of amides is 2. The maximum atomic E-state index is 13.1. The highest BCUT2D eigenvalue weighted by atomic mass is 32.1. The second kappa shape index (κ2) is 8.86. The molecule has 2 amide bonds. The molecule has 0 radical (unpaired) electrons. The van der Waals surface area contributed by atoms with E-state index in [0.717, 1.165) is 42.1 Å². The zero-order valence-corrected chi connectivity index (χ0v) is 18.0. The van der Waals surface area contributed by atoms with Gasteiger partial charge < -0.3 is 10.2 Å². The maximum Gasteiger partial charge on any atom is 0.265 e. The number of carbonyl (C=O) groups is 2. The van der Waals surface area contributed by atoms with Gasteiger partial charge in [-0.1, -0.05) is 30.7 Å². The second-order valence-electron chi connectivity index (χ2n) is 7.66. The zero-order chi connectivity index (χ0) is 20.3. The van der Waals surface area contributed by atoms with Gasteiger partial charge in [-0.05, 0) is 45.6 Å². The molecule has 150 valence electrons. The third-order valence-electron chi connectivity index (χ3n) is 5.15. The Morgan fingerprint density at radius 1 is 1.29 bits per heavy atom. The van der Waals surface area contributed by atoms with E-state index in [1.165, 1.54) is 22.5 Å². The summed E-state index contributed by atoms with van der Waals surface area (Å²) in [7, 11) is 0. The summed E-state index contributed by atoms with van der Waals surface area (Å²) in [6.45, 7) is 9.36. The number of rotatable bonds is 5. The number of thiazole rings is 1. The van der Waals surface area contributed by atoms with Crippen LogP contribution in [0.5, 0.6) is 0 Å². The number of aromatic nitrogens is 1. The van der Waals surface area contributed by atoms with Crippen LogP contribution in [-0.2, 0) is 4.79 Å². The number of nitrogens with zero attached hydrogens (tertiary/aromatic N) is 2. The third-order valence-corrected chi connectivity index (χ3v) is 6.33. The molecule has 0 aliphatic carbocycles. The Bertz CT molecular complexity index is 875. The minimum absolute atomic E-state index is 0.0282. The van der Waals surface area contributed by atoms with Crippen LogP contribution in [-0.4, -0.2) is 40.8 Å². The molecule has 1 aliphatic heterocycles. The first-order valence-corrected chi connectivity index (χ1v) is 10.8. The minimum atomic E-state index is 0.0282. The molecule has 1 aliphatic rings. The lowest BCUT2D eigenvalue weighted by Gasteiger charge is -2.33. The van der Waals surface area contributed by atoms with Crippen molar-refractivity contribution in [2.75, 3.05) is 13.1 Å². The molecule has 2 aromatic rings. The zero-order valence-electron chi connectivity index (χ0n) is 17.2. The SMILES string of the molecule is CCCC(=O)N[C@@H]1CCCN(C(=O)c2sc(-c3ccc(C)cc3C)nc2C)C1. The average molecular weight is 400 g/mol. The summed E-state index contributed by atoms with van der Waals surface area (Å²) in [4.78, 5) is 32.3. The summed E-state index contributed by atoms with van der Waals surface area (Å²) >= 11 is 1.47. The molecule has 1 aromatic carbocycles. The topological polar surface area (TPSA) is 62.3 Å². The van der Waals surface area contributed by atoms with E-state index in [1.807, 2.05) is 18.7 Å². The van der Waals surface area contributed by atoms with Gasteiger partial charge in [0.1, 0.15) is 9.88 Å². The van der Waals surface area contributed by atoms with Crippen molar-refractivity contribution < 1.29 is 9.59 Å². The number of benzene rings is 1. The number of nitrogens with one attached hydrogen (secondary N) is 1. The first-order valence-electron chi connectivity index (χ1n) is 10.0. The van der Waals surface area contributed by atoms with Gasteiger partial charge in [0.15, 0.2) is 0 Å². The average Bonchev–Trinajstić information content (AvgIpc) is 3.02. The molecule has 1 atom stereocenters. The van der Waals surface area contributed by atoms with E-state index >= 15 is 0 Å². The molecule has 5 nitrogen and oxygen atoms in total. The van der Waals surface area contributed by atoms with Crippen molar-refractivity contribution in [2.24, 2.45) is 0 Å². The first kappa shape index (κ1) is 20.5. The highest BCUT2D eigenvalue weighted by molar-refractivity contribution is 7.17. The molecule has 28 heavy (non-hydrogen) atoms. The number of carbonyl (C=O) groups excluding carboxylic acids is 2. The Kier molecular flexibility index (Phi) is 6.50. The summed E-state index contributed by atoms with van der Waals surface area (Å²) in [5.41, 5.74) is 4.25. The predicted molar refractivity (Wildman–Crippen MR) is 114 cm³/mol. The predicted octanol–water partition coefficient (Wildman–Crippen LogP) is 4.26. The lowest BCUT2D eigenvalue weighted by molar-refractivity contribution is -0.122. The Morgan fingerprint density at radius 2 is 2.07 bits per heavy atom. The lowest BCUT2D eigenvalue weighted by atomic mass is 10.0. The Hall–Kier alpha value is -2.21. The normalized spacial score (nSPS) is 16.9. The van der Waals surface area contributed by atoms with E-state index in [9.17, 15) is 9.59 Å². The van der Waals surface area contributed by atoms with Gasteiger partial charge in [-0.3, -0.25) is 9.59 Å². The van der Waals surface area contributed by atoms with Crippen molar-refractivity contribution in [3.8, 4) is 10.6 Å². The number of likely N-dealkylation sites (tertiary alicyclic amines) is 1. The second-order valence-corrected chi connectivity index (χ2v) is 8.66. The van der Waals surface area contributed by atoms with Crippen LogP contribution in [0.4, 0.5) is 0 Å². The van der Waals surface area contributed by atoms with Crippen LogP contribution in [0.1, 0.15) is 59.1 Å². The van der Waals surface area contributed by atoms with Crippen LogP contribution in [0.15, 0.2) is 18.2 Å². The van der Waals surface area contributed by atoms with Gasteiger partial charge in [0.2, 0.25) is 5.91 Å². The van der Waals surface area contributed by atoms with Crippen molar-refractivity contribution in [1.29, 1.82) is 0 Å². The van der Waals surface area contributed by atoms with Crippen molar-refractivity contribution in [3.05, 3.63) is 39.9 Å². The highest BCUT2D eigenvalue weighted by Gasteiger charge is 2.28. The minimum Gasteiger partial charge on any atom is -0.352 e. The molecule has 3 rings (SSSR count). The van der Waals surface area contributed by atoms with Crippen LogP contribution in [0.25, 0.3) is 10.6 Å². The third kappa shape index (κ3) is 4.61. The van der Waals surface area contributed by atoms with Crippen LogP contribution < -0.4 is 5.32 Å². The van der Waals surface area contributed by atoms with Gasteiger partial charge in [0, 0.05) is 31.1 Å². The van der Waals surface area contributed by atoms with Crippen molar-refractivity contribution >= 4 is 23.2 Å². The summed E-state index contributed by atoms with van der Waals surface area (Å²) in [5.74, 6) is 0.105. The molecule has 0 bridgehead atoms.